The van der Waals surface area contributed by atoms with Gasteiger partial charge in [-0.2, -0.15) is 9.61 Å². The predicted octanol–water partition coefficient (Wildman–Crippen LogP) is 2.11. The highest BCUT2D eigenvalue weighted by atomic mass is 19.1. The van der Waals surface area contributed by atoms with Gasteiger partial charge in [0.2, 0.25) is 5.95 Å². The zero-order chi connectivity index (χ0) is 22.7. The minimum absolute atomic E-state index is 0.0987. The minimum Gasteiger partial charge on any atom is -0.494 e. The van der Waals surface area contributed by atoms with Crippen molar-refractivity contribution in [3.63, 3.8) is 0 Å². The lowest BCUT2D eigenvalue weighted by Crippen LogP contribution is -2.41. The van der Waals surface area contributed by atoms with E-state index in [9.17, 15) is 9.50 Å². The van der Waals surface area contributed by atoms with Gasteiger partial charge in [-0.15, -0.1) is 5.10 Å². The summed E-state index contributed by atoms with van der Waals surface area (Å²) in [5, 5.41) is 20.0. The molecule has 172 valence electrons. The first-order chi connectivity index (χ1) is 15.9. The number of nitrogen functional groups attached to an aromatic ring is 1. The number of methoxy groups -OCH3 is 1. The van der Waals surface area contributed by atoms with Crippen molar-refractivity contribution in [2.24, 2.45) is 0 Å². The Bertz CT molecular complexity index is 1360. The molecule has 4 heterocycles. The van der Waals surface area contributed by atoms with Crippen LogP contribution in [-0.4, -0.2) is 60.3 Å². The van der Waals surface area contributed by atoms with Crippen molar-refractivity contribution in [2.75, 3.05) is 30.8 Å². The number of ether oxygens (including phenoxy) is 1. The number of nitrogens with zero attached hydrogens (tertiary/aromatic N) is 7. The van der Waals surface area contributed by atoms with E-state index in [-0.39, 0.29) is 17.6 Å². The van der Waals surface area contributed by atoms with Crippen molar-refractivity contribution in [1.82, 2.24) is 29.4 Å². The molecule has 1 saturated carbocycles. The first-order valence-electron chi connectivity index (χ1n) is 11.1. The van der Waals surface area contributed by atoms with Gasteiger partial charge in [-0.3, -0.25) is 4.68 Å². The van der Waals surface area contributed by atoms with E-state index in [1.165, 1.54) is 23.8 Å². The van der Waals surface area contributed by atoms with Crippen molar-refractivity contribution in [2.45, 2.75) is 43.7 Å². The van der Waals surface area contributed by atoms with Crippen LogP contribution in [-0.2, 0) is 6.54 Å². The lowest BCUT2D eigenvalue weighted by atomic mass is 9.80. The summed E-state index contributed by atoms with van der Waals surface area (Å²) in [5.41, 5.74) is 7.52. The molecule has 33 heavy (non-hydrogen) atoms. The normalized spacial score (nSPS) is 20.0. The predicted molar refractivity (Wildman–Crippen MR) is 120 cm³/mol. The molecule has 1 aromatic carbocycles. The van der Waals surface area contributed by atoms with Crippen LogP contribution in [0.3, 0.4) is 0 Å². The molecule has 0 unspecified atom stereocenters. The van der Waals surface area contributed by atoms with Crippen LogP contribution in [0, 0.1) is 5.82 Å². The Morgan fingerprint density at radius 1 is 1.30 bits per heavy atom. The van der Waals surface area contributed by atoms with Crippen LogP contribution in [0.25, 0.3) is 16.6 Å². The standard InChI is InChI=1S/C22H25FN8O2/c1-33-18-8-17-15(7-16(18)23)20-27-19(28-31(20)21(24)26-17)13-3-6-29(10-13)14-9-25-30(11-14)12-22(32)4-2-5-22/h7-9,11,13,32H,2-6,10,12H2,1H3,(H2,24,26)/t13-/m0/s1. The molecule has 11 heteroatoms. The van der Waals surface area contributed by atoms with Crippen LogP contribution < -0.4 is 15.4 Å². The molecule has 1 aliphatic heterocycles. The Balaban J connectivity index is 1.27. The van der Waals surface area contributed by atoms with Crippen molar-refractivity contribution in [1.29, 1.82) is 0 Å². The van der Waals surface area contributed by atoms with E-state index in [2.05, 4.69) is 20.1 Å². The third-order valence-corrected chi connectivity index (χ3v) is 6.87. The quantitative estimate of drug-likeness (QED) is 0.473. The second kappa shape index (κ2) is 7.27. The fourth-order valence-electron chi connectivity index (χ4n) is 4.83. The van der Waals surface area contributed by atoms with E-state index < -0.39 is 11.4 Å². The van der Waals surface area contributed by atoms with Gasteiger partial charge >= 0.3 is 0 Å². The molecule has 2 fully saturated rings. The SMILES string of the molecule is COc1cc2nc(N)n3nc([C@H]4CCN(c5cnn(CC6(O)CCC6)c5)C4)nc3c2cc1F. The highest BCUT2D eigenvalue weighted by Crippen LogP contribution is 2.34. The number of aliphatic hydroxyl groups is 1. The van der Waals surface area contributed by atoms with Gasteiger partial charge in [-0.25, -0.2) is 14.4 Å². The lowest BCUT2D eigenvalue weighted by Gasteiger charge is -2.36. The summed E-state index contributed by atoms with van der Waals surface area (Å²) < 4.78 is 22.7. The third-order valence-electron chi connectivity index (χ3n) is 6.87. The van der Waals surface area contributed by atoms with E-state index in [0.29, 0.717) is 28.9 Å². The highest BCUT2D eigenvalue weighted by molar-refractivity contribution is 5.93. The van der Waals surface area contributed by atoms with Crippen LogP contribution in [0.4, 0.5) is 16.0 Å². The second-order valence-electron chi connectivity index (χ2n) is 9.08. The second-order valence-corrected chi connectivity index (χ2v) is 9.08. The Morgan fingerprint density at radius 3 is 2.91 bits per heavy atom. The van der Waals surface area contributed by atoms with Gasteiger partial charge in [0.1, 0.15) is 0 Å². The van der Waals surface area contributed by atoms with Crippen molar-refractivity contribution < 1.29 is 14.2 Å². The number of hydrogen-bond donors (Lipinski definition) is 2. The average molecular weight is 452 g/mol. The summed E-state index contributed by atoms with van der Waals surface area (Å²) in [6.45, 7) is 2.11. The number of benzene rings is 1. The maximum atomic E-state index is 14.4. The summed E-state index contributed by atoms with van der Waals surface area (Å²) in [6.07, 6.45) is 7.43. The molecular formula is C22H25FN8O2. The molecule has 4 aromatic rings. The summed E-state index contributed by atoms with van der Waals surface area (Å²) in [7, 11) is 1.41. The van der Waals surface area contributed by atoms with Gasteiger partial charge in [0.25, 0.3) is 0 Å². The zero-order valence-electron chi connectivity index (χ0n) is 18.3. The lowest BCUT2D eigenvalue weighted by molar-refractivity contribution is -0.0498. The largest absolute Gasteiger partial charge is 0.494 e. The van der Waals surface area contributed by atoms with Crippen molar-refractivity contribution in [3.05, 3.63) is 36.2 Å². The molecule has 6 rings (SSSR count). The molecule has 0 bridgehead atoms. The molecule has 0 radical (unpaired) electrons. The van der Waals surface area contributed by atoms with Gasteiger partial charge in [-0.05, 0) is 31.7 Å². The number of halogens is 1. The Morgan fingerprint density at radius 2 is 2.15 bits per heavy atom. The number of fused-ring (bicyclic) bond motifs is 3. The minimum atomic E-state index is -0.614. The summed E-state index contributed by atoms with van der Waals surface area (Å²) >= 11 is 0. The third kappa shape index (κ3) is 3.34. The molecule has 3 aromatic heterocycles. The van der Waals surface area contributed by atoms with Crippen LogP contribution >= 0.6 is 0 Å². The molecule has 0 amide bonds. The summed E-state index contributed by atoms with van der Waals surface area (Å²) in [4.78, 5) is 11.3. The summed E-state index contributed by atoms with van der Waals surface area (Å²) in [5.74, 6) is 0.566. The van der Waals surface area contributed by atoms with Crippen LogP contribution in [0.15, 0.2) is 24.5 Å². The topological polar surface area (TPSA) is 120 Å². The first kappa shape index (κ1) is 20.2. The molecule has 1 saturated heterocycles. The van der Waals surface area contributed by atoms with Crippen molar-refractivity contribution >= 4 is 28.2 Å². The number of rotatable bonds is 5. The van der Waals surface area contributed by atoms with Gasteiger partial charge in [0.15, 0.2) is 23.0 Å². The van der Waals surface area contributed by atoms with E-state index in [0.717, 1.165) is 44.5 Å². The van der Waals surface area contributed by atoms with Gasteiger partial charge in [-0.1, -0.05) is 0 Å². The molecular weight excluding hydrogens is 427 g/mol. The molecule has 10 nitrogen and oxygen atoms in total. The van der Waals surface area contributed by atoms with Crippen LogP contribution in [0.1, 0.15) is 37.4 Å². The summed E-state index contributed by atoms with van der Waals surface area (Å²) in [6, 6.07) is 2.88. The van der Waals surface area contributed by atoms with Gasteiger partial charge in [0.05, 0.1) is 36.7 Å². The molecule has 3 N–H and O–H groups in total. The van der Waals surface area contributed by atoms with E-state index in [4.69, 9.17) is 15.5 Å². The van der Waals surface area contributed by atoms with Gasteiger partial charge < -0.3 is 20.5 Å². The number of aromatic nitrogens is 6. The zero-order valence-corrected chi connectivity index (χ0v) is 18.3. The smallest absolute Gasteiger partial charge is 0.223 e. The monoisotopic (exact) mass is 452 g/mol. The first-order valence-corrected chi connectivity index (χ1v) is 11.1. The van der Waals surface area contributed by atoms with E-state index in [1.807, 2.05) is 17.1 Å². The Labute approximate surface area is 188 Å². The average Bonchev–Trinajstić information content (AvgIpc) is 3.52. The molecule has 0 spiro atoms. The fraction of sp³-hybridized carbons (Fsp3) is 0.455. The van der Waals surface area contributed by atoms with Crippen LogP contribution in [0.2, 0.25) is 0 Å². The maximum Gasteiger partial charge on any atom is 0.223 e. The highest BCUT2D eigenvalue weighted by Gasteiger charge is 2.35. The van der Waals surface area contributed by atoms with E-state index >= 15 is 0 Å². The Hall–Kier alpha value is -3.47. The number of nitrogens with two attached hydrogens (primary N) is 1. The van der Waals surface area contributed by atoms with Crippen LogP contribution in [0.5, 0.6) is 5.75 Å². The van der Waals surface area contributed by atoms with Gasteiger partial charge in [0, 0.05) is 36.7 Å². The molecule has 1 atom stereocenters. The number of hydrogen-bond acceptors (Lipinski definition) is 8. The van der Waals surface area contributed by atoms with E-state index in [1.54, 1.807) is 0 Å². The Kier molecular flexibility index (Phi) is 4.44. The molecule has 2 aliphatic rings. The molecule has 1 aliphatic carbocycles. The number of anilines is 2. The fourth-order valence-corrected chi connectivity index (χ4v) is 4.83. The van der Waals surface area contributed by atoms with Crippen molar-refractivity contribution in [3.8, 4) is 5.75 Å². The maximum absolute atomic E-state index is 14.4.